The zero-order valence-electron chi connectivity index (χ0n) is 4.90. The lowest BCUT2D eigenvalue weighted by Gasteiger charge is -1.84. The second-order valence-corrected chi connectivity index (χ2v) is 3.22. The summed E-state index contributed by atoms with van der Waals surface area (Å²) in [5.41, 5.74) is 0. The summed E-state index contributed by atoms with van der Waals surface area (Å²) in [4.78, 5) is 11.4. The minimum Gasteiger partial charge on any atom is -0.282 e. The van der Waals surface area contributed by atoms with E-state index in [-0.39, 0.29) is 5.12 Å². The normalized spacial score (nSPS) is 19.9. The summed E-state index contributed by atoms with van der Waals surface area (Å²) in [6.45, 7) is 0. The number of nitriles is 1. The molecule has 4 heteroatoms. The lowest BCUT2D eigenvalue weighted by Crippen LogP contribution is -1.72. The molecule has 0 fully saturated rings. The van der Waals surface area contributed by atoms with Gasteiger partial charge < -0.3 is 0 Å². The Kier molecular flexibility index (Phi) is 2.60. The highest BCUT2D eigenvalue weighted by Crippen LogP contribution is 2.27. The van der Waals surface area contributed by atoms with Crippen LogP contribution in [0.4, 0.5) is 0 Å². The third-order valence-corrected chi connectivity index (χ3v) is 2.28. The Morgan fingerprint density at radius 1 is 1.70 bits per heavy atom. The maximum Gasteiger partial charge on any atom is 0.216 e. The van der Waals surface area contributed by atoms with Crippen molar-refractivity contribution in [2.24, 2.45) is 0 Å². The molecule has 0 N–H and O–H groups in total. The molecule has 0 aromatic carbocycles. The predicted molar refractivity (Wildman–Crippen MR) is 43.0 cm³/mol. The van der Waals surface area contributed by atoms with Crippen molar-refractivity contribution in [1.82, 2.24) is 0 Å². The number of hydrogen-bond acceptors (Lipinski definition) is 4. The van der Waals surface area contributed by atoms with E-state index in [0.717, 1.165) is 28.4 Å². The maximum absolute atomic E-state index is 10.6. The summed E-state index contributed by atoms with van der Waals surface area (Å²) in [6.07, 6.45) is 3.20. The molecule has 0 atom stereocenters. The Balaban J connectivity index is 2.55. The molecule has 10 heavy (non-hydrogen) atoms. The second kappa shape index (κ2) is 3.49. The van der Waals surface area contributed by atoms with Gasteiger partial charge >= 0.3 is 0 Å². The van der Waals surface area contributed by atoms with E-state index in [1.54, 1.807) is 11.5 Å². The molecule has 0 radical (unpaired) electrons. The first-order valence-electron chi connectivity index (χ1n) is 2.48. The fraction of sp³-hybridized carbons (Fsp3) is 0. The monoisotopic (exact) mass is 169 g/mol. The molecule has 0 unspecified atom stereocenters. The van der Waals surface area contributed by atoms with Crippen LogP contribution in [0.1, 0.15) is 0 Å². The minimum atomic E-state index is 0.0322. The van der Waals surface area contributed by atoms with Gasteiger partial charge in [0, 0.05) is 10.3 Å². The highest BCUT2D eigenvalue weighted by Gasteiger charge is 2.07. The summed E-state index contributed by atoms with van der Waals surface area (Å²) >= 11 is 2.17. The van der Waals surface area contributed by atoms with E-state index < -0.39 is 0 Å². The predicted octanol–water partition coefficient (Wildman–Crippen LogP) is 1.87. The van der Waals surface area contributed by atoms with Crippen LogP contribution in [0.3, 0.4) is 0 Å². The fourth-order valence-electron chi connectivity index (χ4n) is 0.482. The van der Waals surface area contributed by atoms with Gasteiger partial charge in [0.25, 0.3) is 0 Å². The molecule has 1 rings (SSSR count). The van der Waals surface area contributed by atoms with Crippen molar-refractivity contribution >= 4 is 28.6 Å². The van der Waals surface area contributed by atoms with Gasteiger partial charge in [-0.1, -0.05) is 0 Å². The number of thioether (sulfide) groups is 2. The Bertz CT molecular complexity index is 249. The molecular weight excluding hydrogens is 166 g/mol. The molecule has 0 aliphatic carbocycles. The third kappa shape index (κ3) is 1.94. The number of carbonyl (C=O) groups excluding carboxylic acids is 1. The van der Waals surface area contributed by atoms with E-state index in [4.69, 9.17) is 5.26 Å². The Hall–Kier alpha value is -0.660. The Labute approximate surface area is 67.0 Å². The van der Waals surface area contributed by atoms with Crippen LogP contribution in [0.15, 0.2) is 22.5 Å². The number of hydrogen-bond donors (Lipinski definition) is 0. The van der Waals surface area contributed by atoms with Gasteiger partial charge in [0.1, 0.15) is 5.40 Å². The van der Waals surface area contributed by atoms with Gasteiger partial charge in [-0.3, -0.25) is 4.79 Å². The van der Waals surface area contributed by atoms with Gasteiger partial charge in [0.2, 0.25) is 5.12 Å². The quantitative estimate of drug-likeness (QED) is 0.562. The molecular formula is C6H3NOS2. The zero-order chi connectivity index (χ0) is 7.40. The van der Waals surface area contributed by atoms with E-state index in [1.807, 2.05) is 5.40 Å². The van der Waals surface area contributed by atoms with Crippen molar-refractivity contribution in [3.05, 3.63) is 22.5 Å². The molecule has 1 heterocycles. The maximum atomic E-state index is 10.6. The van der Waals surface area contributed by atoms with E-state index in [2.05, 4.69) is 0 Å². The summed E-state index contributed by atoms with van der Waals surface area (Å²) < 4.78 is 0. The van der Waals surface area contributed by atoms with Crippen LogP contribution in [0.5, 0.6) is 0 Å². The topological polar surface area (TPSA) is 40.9 Å². The second-order valence-electron chi connectivity index (χ2n) is 1.48. The van der Waals surface area contributed by atoms with Crippen LogP contribution in [0.2, 0.25) is 0 Å². The van der Waals surface area contributed by atoms with Crippen LogP contribution in [-0.4, -0.2) is 5.12 Å². The van der Waals surface area contributed by atoms with Gasteiger partial charge in [-0.2, -0.15) is 5.26 Å². The van der Waals surface area contributed by atoms with Crippen LogP contribution in [-0.2, 0) is 4.79 Å². The van der Waals surface area contributed by atoms with Crippen molar-refractivity contribution < 1.29 is 4.79 Å². The zero-order valence-corrected chi connectivity index (χ0v) is 6.54. The van der Waals surface area contributed by atoms with Crippen LogP contribution in [0.25, 0.3) is 0 Å². The van der Waals surface area contributed by atoms with Gasteiger partial charge in [-0.15, -0.1) is 0 Å². The molecule has 0 aromatic rings. The van der Waals surface area contributed by atoms with Gasteiger partial charge in [-0.25, -0.2) is 0 Å². The van der Waals surface area contributed by atoms with Gasteiger partial charge in [0.05, 0.1) is 0 Å². The smallest absolute Gasteiger partial charge is 0.216 e. The van der Waals surface area contributed by atoms with Crippen molar-refractivity contribution in [3.63, 3.8) is 0 Å². The molecule has 1 aliphatic rings. The lowest BCUT2D eigenvalue weighted by atomic mass is 10.5. The Morgan fingerprint density at radius 3 is 3.00 bits per heavy atom. The van der Waals surface area contributed by atoms with Crippen molar-refractivity contribution in [3.8, 4) is 5.40 Å². The summed E-state index contributed by atoms with van der Waals surface area (Å²) in [6, 6.07) is 0. The first-order chi connectivity index (χ1) is 4.83. The lowest BCUT2D eigenvalue weighted by molar-refractivity contribution is -0.106. The van der Waals surface area contributed by atoms with Crippen molar-refractivity contribution in [2.75, 3.05) is 0 Å². The van der Waals surface area contributed by atoms with E-state index in [0.29, 0.717) is 0 Å². The number of allylic oxidation sites excluding steroid dienone is 1. The first-order valence-corrected chi connectivity index (χ1v) is 4.17. The molecule has 50 valence electrons. The molecule has 2 nitrogen and oxygen atoms in total. The average molecular weight is 169 g/mol. The van der Waals surface area contributed by atoms with E-state index in [1.165, 1.54) is 6.08 Å². The molecule has 1 aliphatic heterocycles. The summed E-state index contributed by atoms with van der Waals surface area (Å²) in [5, 5.41) is 11.7. The van der Waals surface area contributed by atoms with Gasteiger partial charge in [0.15, 0.2) is 0 Å². The first kappa shape index (κ1) is 7.45. The van der Waals surface area contributed by atoms with Crippen molar-refractivity contribution in [2.45, 2.75) is 0 Å². The van der Waals surface area contributed by atoms with Crippen LogP contribution >= 0.6 is 23.5 Å². The fourth-order valence-corrected chi connectivity index (χ4v) is 1.57. The number of thiocyanates is 1. The molecule has 0 saturated carbocycles. The highest BCUT2D eigenvalue weighted by molar-refractivity contribution is 8.18. The van der Waals surface area contributed by atoms with Crippen LogP contribution in [0, 0.1) is 10.7 Å². The van der Waals surface area contributed by atoms with E-state index >= 15 is 0 Å². The SMILES string of the molecule is N#CS/C=C1\C=CC(=O)S1. The Morgan fingerprint density at radius 2 is 2.50 bits per heavy atom. The summed E-state index contributed by atoms with van der Waals surface area (Å²) in [5.74, 6) is 0. The van der Waals surface area contributed by atoms with Gasteiger partial charge in [-0.05, 0) is 35.7 Å². The molecule has 0 aromatic heterocycles. The minimum absolute atomic E-state index is 0.0322. The number of rotatable bonds is 1. The largest absolute Gasteiger partial charge is 0.282 e. The average Bonchev–Trinajstić information content (AvgIpc) is 2.31. The molecule has 0 spiro atoms. The van der Waals surface area contributed by atoms with Crippen LogP contribution < -0.4 is 0 Å². The van der Waals surface area contributed by atoms with E-state index in [9.17, 15) is 4.79 Å². The third-order valence-electron chi connectivity index (χ3n) is 0.830. The number of carbonyl (C=O) groups is 1. The number of nitrogens with zero attached hydrogens (tertiary/aromatic N) is 1. The summed E-state index contributed by atoms with van der Waals surface area (Å²) in [7, 11) is 0. The molecule has 0 saturated heterocycles. The highest BCUT2D eigenvalue weighted by atomic mass is 32.2. The van der Waals surface area contributed by atoms with Crippen molar-refractivity contribution in [1.29, 1.82) is 5.26 Å². The molecule has 0 bridgehead atoms. The standard InChI is InChI=1S/C6H3NOS2/c7-4-9-3-5-1-2-6(8)10-5/h1-3H/b5-3+. The molecule has 0 amide bonds.